The van der Waals surface area contributed by atoms with Crippen molar-refractivity contribution in [1.82, 2.24) is 14.8 Å². The second-order valence-corrected chi connectivity index (χ2v) is 6.46. The first kappa shape index (κ1) is 13.0. The van der Waals surface area contributed by atoms with Gasteiger partial charge in [0.1, 0.15) is 0 Å². The molecule has 1 aliphatic carbocycles. The van der Waals surface area contributed by atoms with Crippen LogP contribution >= 0.6 is 11.8 Å². The highest BCUT2D eigenvalue weighted by molar-refractivity contribution is 7.99. The Hall–Kier alpha value is -1.04. The zero-order valence-electron chi connectivity index (χ0n) is 11.1. The Morgan fingerprint density at radius 2 is 2.16 bits per heavy atom. The summed E-state index contributed by atoms with van der Waals surface area (Å²) in [5.74, 6) is 2.47. The fourth-order valence-corrected chi connectivity index (χ4v) is 3.80. The first-order valence-corrected chi connectivity index (χ1v) is 8.17. The summed E-state index contributed by atoms with van der Waals surface area (Å²) >= 11 is 1.69. The summed E-state index contributed by atoms with van der Waals surface area (Å²) in [4.78, 5) is 12.0. The fourth-order valence-electron chi connectivity index (χ4n) is 2.92. The van der Waals surface area contributed by atoms with Crippen LogP contribution in [0.1, 0.15) is 44.9 Å². The van der Waals surface area contributed by atoms with E-state index >= 15 is 0 Å². The van der Waals surface area contributed by atoms with Gasteiger partial charge in [-0.05, 0) is 12.3 Å². The van der Waals surface area contributed by atoms with E-state index in [4.69, 9.17) is 0 Å². The Morgan fingerprint density at radius 1 is 1.32 bits per heavy atom. The number of fused-ring (bicyclic) bond motifs is 1. The molecule has 0 spiro atoms. The molecule has 2 heterocycles. The Labute approximate surface area is 117 Å². The second-order valence-electron chi connectivity index (χ2n) is 5.40. The van der Waals surface area contributed by atoms with Crippen LogP contribution in [0.15, 0.2) is 5.16 Å². The van der Waals surface area contributed by atoms with Crippen molar-refractivity contribution in [2.75, 3.05) is 11.1 Å². The SMILES string of the molecule is O=C(CCC1CCCCC1)Nc1nnc2n1CCS2. The molecule has 1 N–H and O–H groups in total. The lowest BCUT2D eigenvalue weighted by atomic mass is 9.86. The minimum atomic E-state index is 0.0812. The Morgan fingerprint density at radius 3 is 3.00 bits per heavy atom. The maximum Gasteiger partial charge on any atom is 0.231 e. The van der Waals surface area contributed by atoms with Gasteiger partial charge in [-0.25, -0.2) is 0 Å². The van der Waals surface area contributed by atoms with E-state index in [0.717, 1.165) is 29.8 Å². The molecule has 0 atom stereocenters. The van der Waals surface area contributed by atoms with Gasteiger partial charge < -0.3 is 0 Å². The molecule has 1 aliphatic heterocycles. The third kappa shape index (κ3) is 3.11. The number of amides is 1. The van der Waals surface area contributed by atoms with E-state index in [1.54, 1.807) is 11.8 Å². The monoisotopic (exact) mass is 280 g/mol. The van der Waals surface area contributed by atoms with Crippen LogP contribution in [-0.2, 0) is 11.3 Å². The van der Waals surface area contributed by atoms with Crippen molar-refractivity contribution in [3.8, 4) is 0 Å². The highest BCUT2D eigenvalue weighted by Gasteiger charge is 2.20. The van der Waals surface area contributed by atoms with Crippen LogP contribution in [0.2, 0.25) is 0 Å². The molecule has 104 valence electrons. The van der Waals surface area contributed by atoms with Crippen LogP contribution in [0.4, 0.5) is 5.95 Å². The molecule has 0 saturated heterocycles. The molecule has 1 fully saturated rings. The maximum absolute atomic E-state index is 12.0. The van der Waals surface area contributed by atoms with E-state index in [9.17, 15) is 4.79 Å². The smallest absolute Gasteiger partial charge is 0.231 e. The number of carbonyl (C=O) groups is 1. The van der Waals surface area contributed by atoms with Crippen molar-refractivity contribution in [3.05, 3.63) is 0 Å². The summed E-state index contributed by atoms with van der Waals surface area (Å²) in [5, 5.41) is 11.9. The third-order valence-corrected chi connectivity index (χ3v) is 4.97. The van der Waals surface area contributed by atoms with Gasteiger partial charge in [-0.1, -0.05) is 43.9 Å². The average Bonchev–Trinajstić information content (AvgIpc) is 3.03. The zero-order valence-corrected chi connectivity index (χ0v) is 11.9. The van der Waals surface area contributed by atoms with Gasteiger partial charge in [-0.15, -0.1) is 10.2 Å². The van der Waals surface area contributed by atoms with E-state index in [0.29, 0.717) is 12.4 Å². The van der Waals surface area contributed by atoms with Gasteiger partial charge in [-0.2, -0.15) is 0 Å². The van der Waals surface area contributed by atoms with Gasteiger partial charge in [-0.3, -0.25) is 14.7 Å². The number of hydrogen-bond donors (Lipinski definition) is 1. The van der Waals surface area contributed by atoms with Crippen LogP contribution in [0, 0.1) is 5.92 Å². The molecule has 0 unspecified atom stereocenters. The molecule has 1 saturated carbocycles. The lowest BCUT2D eigenvalue weighted by molar-refractivity contribution is -0.116. The van der Waals surface area contributed by atoms with Crippen LogP contribution in [0.3, 0.4) is 0 Å². The highest BCUT2D eigenvalue weighted by atomic mass is 32.2. The normalized spacial score (nSPS) is 19.4. The molecule has 3 rings (SSSR count). The third-order valence-electron chi connectivity index (χ3n) is 4.02. The molecule has 1 aromatic heterocycles. The van der Waals surface area contributed by atoms with Crippen molar-refractivity contribution in [2.45, 2.75) is 56.6 Å². The molecule has 2 aliphatic rings. The molecule has 5 nitrogen and oxygen atoms in total. The number of nitrogens with one attached hydrogen (secondary N) is 1. The predicted molar refractivity (Wildman–Crippen MR) is 75.2 cm³/mol. The summed E-state index contributed by atoms with van der Waals surface area (Å²) in [6, 6.07) is 0. The van der Waals surface area contributed by atoms with Gasteiger partial charge in [0, 0.05) is 18.7 Å². The van der Waals surface area contributed by atoms with E-state index in [1.807, 2.05) is 4.57 Å². The van der Waals surface area contributed by atoms with Gasteiger partial charge in [0.2, 0.25) is 11.9 Å². The summed E-state index contributed by atoms with van der Waals surface area (Å²) in [6.45, 7) is 0.894. The predicted octanol–water partition coefficient (Wildman–Crippen LogP) is 2.68. The molecule has 1 aromatic rings. The largest absolute Gasteiger partial charge is 0.295 e. The molecular weight excluding hydrogens is 260 g/mol. The number of anilines is 1. The number of aromatic nitrogens is 3. The minimum Gasteiger partial charge on any atom is -0.295 e. The zero-order chi connectivity index (χ0) is 13.1. The summed E-state index contributed by atoms with van der Waals surface area (Å²) < 4.78 is 1.99. The average molecular weight is 280 g/mol. The van der Waals surface area contributed by atoms with Crippen molar-refractivity contribution in [1.29, 1.82) is 0 Å². The summed E-state index contributed by atoms with van der Waals surface area (Å²) in [6.07, 6.45) is 8.25. The second kappa shape index (κ2) is 5.94. The van der Waals surface area contributed by atoms with E-state index in [1.165, 1.54) is 32.1 Å². The summed E-state index contributed by atoms with van der Waals surface area (Å²) in [7, 11) is 0. The number of rotatable bonds is 4. The number of thioether (sulfide) groups is 1. The lowest BCUT2D eigenvalue weighted by Crippen LogP contribution is -2.17. The Balaban J connectivity index is 1.48. The molecule has 1 amide bonds. The fraction of sp³-hybridized carbons (Fsp3) is 0.769. The number of nitrogens with zero attached hydrogens (tertiary/aromatic N) is 3. The van der Waals surface area contributed by atoms with Crippen LogP contribution in [0.5, 0.6) is 0 Å². The number of carbonyl (C=O) groups excluding carboxylic acids is 1. The first-order valence-electron chi connectivity index (χ1n) is 7.19. The molecule has 0 radical (unpaired) electrons. The quantitative estimate of drug-likeness (QED) is 0.921. The van der Waals surface area contributed by atoms with Gasteiger partial charge in [0.15, 0.2) is 5.16 Å². The van der Waals surface area contributed by atoms with E-state index in [2.05, 4.69) is 15.5 Å². The van der Waals surface area contributed by atoms with Crippen molar-refractivity contribution >= 4 is 23.6 Å². The van der Waals surface area contributed by atoms with E-state index in [-0.39, 0.29) is 5.91 Å². The van der Waals surface area contributed by atoms with Crippen LogP contribution in [-0.4, -0.2) is 26.4 Å². The Bertz CT molecular complexity index is 453. The number of hydrogen-bond acceptors (Lipinski definition) is 4. The van der Waals surface area contributed by atoms with Gasteiger partial charge in [0.05, 0.1) is 0 Å². The van der Waals surface area contributed by atoms with Crippen molar-refractivity contribution in [2.24, 2.45) is 5.92 Å². The first-order chi connectivity index (χ1) is 9.33. The Kier molecular flexibility index (Phi) is 4.06. The molecule has 19 heavy (non-hydrogen) atoms. The molecular formula is C13H20N4OS. The van der Waals surface area contributed by atoms with Crippen molar-refractivity contribution in [3.63, 3.8) is 0 Å². The standard InChI is InChI=1S/C13H20N4OS/c18-11(7-6-10-4-2-1-3-5-10)14-12-15-16-13-17(12)8-9-19-13/h10H,1-9H2,(H,14,15,18). The minimum absolute atomic E-state index is 0.0812. The van der Waals surface area contributed by atoms with Gasteiger partial charge in [0.25, 0.3) is 0 Å². The molecule has 0 aromatic carbocycles. The summed E-state index contributed by atoms with van der Waals surface area (Å²) in [5.41, 5.74) is 0. The molecule has 6 heteroatoms. The van der Waals surface area contributed by atoms with Crippen molar-refractivity contribution < 1.29 is 4.79 Å². The lowest BCUT2D eigenvalue weighted by Gasteiger charge is -2.20. The van der Waals surface area contributed by atoms with Crippen LogP contribution in [0.25, 0.3) is 0 Å². The topological polar surface area (TPSA) is 59.8 Å². The maximum atomic E-state index is 12.0. The van der Waals surface area contributed by atoms with Gasteiger partial charge >= 0.3 is 0 Å². The van der Waals surface area contributed by atoms with E-state index < -0.39 is 0 Å². The molecule has 0 bridgehead atoms. The van der Waals surface area contributed by atoms with Crippen LogP contribution < -0.4 is 5.32 Å². The highest BCUT2D eigenvalue weighted by Crippen LogP contribution is 2.28.